The molecule has 0 atom stereocenters. The molecule has 3 aromatic heterocycles. The predicted molar refractivity (Wildman–Crippen MR) is 148 cm³/mol. The van der Waals surface area contributed by atoms with E-state index in [0.717, 1.165) is 34.6 Å². The maximum absolute atomic E-state index is 13.3. The molecule has 39 heavy (non-hydrogen) atoms. The van der Waals surface area contributed by atoms with E-state index in [0.29, 0.717) is 56.4 Å². The summed E-state index contributed by atoms with van der Waals surface area (Å²) in [5.74, 6) is 1.59. The van der Waals surface area contributed by atoms with E-state index in [4.69, 9.17) is 9.72 Å². The van der Waals surface area contributed by atoms with Crippen LogP contribution in [0.1, 0.15) is 44.7 Å². The van der Waals surface area contributed by atoms with Crippen molar-refractivity contribution in [3.8, 4) is 5.75 Å². The maximum Gasteiger partial charge on any atom is 0.273 e. The second-order valence-corrected chi connectivity index (χ2v) is 10.6. The van der Waals surface area contributed by atoms with E-state index in [1.165, 1.54) is 11.3 Å². The molecule has 0 N–H and O–H groups in total. The highest BCUT2D eigenvalue weighted by Gasteiger charge is 2.29. The number of rotatable bonds is 5. The number of thiazole rings is 1. The van der Waals surface area contributed by atoms with E-state index < -0.39 is 0 Å². The van der Waals surface area contributed by atoms with Gasteiger partial charge in [0.15, 0.2) is 0 Å². The molecule has 1 aromatic carbocycles. The van der Waals surface area contributed by atoms with Crippen LogP contribution in [0.25, 0.3) is 10.9 Å². The maximum atomic E-state index is 13.3. The Morgan fingerprint density at radius 1 is 0.923 bits per heavy atom. The van der Waals surface area contributed by atoms with Crippen molar-refractivity contribution in [1.82, 2.24) is 29.7 Å². The van der Waals surface area contributed by atoms with Crippen LogP contribution in [0.5, 0.6) is 5.75 Å². The fraction of sp³-hybridized carbons (Fsp3) is 0.357. The van der Waals surface area contributed by atoms with Crippen molar-refractivity contribution >= 4 is 39.9 Å². The van der Waals surface area contributed by atoms with Gasteiger partial charge in [0.25, 0.3) is 11.8 Å². The van der Waals surface area contributed by atoms with Gasteiger partial charge in [-0.15, -0.1) is 11.3 Å². The zero-order valence-corrected chi connectivity index (χ0v) is 22.5. The van der Waals surface area contributed by atoms with Gasteiger partial charge in [0.05, 0.1) is 23.8 Å². The third kappa shape index (κ3) is 5.14. The number of nitrogens with zero attached hydrogens (tertiary/aromatic N) is 7. The summed E-state index contributed by atoms with van der Waals surface area (Å²) in [6.07, 6.45) is 6.69. The fourth-order valence-electron chi connectivity index (χ4n) is 5.24. The Bertz CT molecular complexity index is 1480. The van der Waals surface area contributed by atoms with Gasteiger partial charge in [0.1, 0.15) is 23.0 Å². The second-order valence-electron chi connectivity index (χ2n) is 9.71. The van der Waals surface area contributed by atoms with E-state index >= 15 is 0 Å². The average molecular weight is 544 g/mol. The number of para-hydroxylation sites is 1. The lowest BCUT2D eigenvalue weighted by Crippen LogP contribution is -2.49. The summed E-state index contributed by atoms with van der Waals surface area (Å²) >= 11 is 1.54. The SMILES string of the molecule is COc1cc(C(=O)N2CCC(c3nc(C(=O)N4CCN(c5cnccn5)CC4)cs3)CC2)nc2ccccc12. The normalized spacial score (nSPS) is 16.5. The highest BCUT2D eigenvalue weighted by atomic mass is 32.1. The van der Waals surface area contributed by atoms with Gasteiger partial charge in [-0.25, -0.2) is 15.0 Å². The summed E-state index contributed by atoms with van der Waals surface area (Å²) in [5.41, 5.74) is 1.64. The average Bonchev–Trinajstić information content (AvgIpc) is 3.51. The van der Waals surface area contributed by atoms with Gasteiger partial charge >= 0.3 is 0 Å². The molecule has 2 saturated heterocycles. The molecular weight excluding hydrogens is 514 g/mol. The van der Waals surface area contributed by atoms with Crippen LogP contribution in [-0.2, 0) is 0 Å². The van der Waals surface area contributed by atoms with Crippen molar-refractivity contribution in [3.63, 3.8) is 0 Å². The van der Waals surface area contributed by atoms with Crippen molar-refractivity contribution in [3.05, 3.63) is 70.7 Å². The van der Waals surface area contributed by atoms with Gasteiger partial charge in [-0.05, 0) is 25.0 Å². The van der Waals surface area contributed by atoms with Crippen molar-refractivity contribution < 1.29 is 14.3 Å². The number of pyridine rings is 1. The Morgan fingerprint density at radius 2 is 1.67 bits per heavy atom. The largest absolute Gasteiger partial charge is 0.496 e. The summed E-state index contributed by atoms with van der Waals surface area (Å²) < 4.78 is 5.52. The topological polar surface area (TPSA) is 105 Å². The van der Waals surface area contributed by atoms with E-state index in [9.17, 15) is 9.59 Å². The van der Waals surface area contributed by atoms with Crippen LogP contribution >= 0.6 is 11.3 Å². The van der Waals surface area contributed by atoms with Gasteiger partial charge in [-0.3, -0.25) is 14.6 Å². The molecule has 0 saturated carbocycles. The first-order valence-corrected chi connectivity index (χ1v) is 14.0. The second kappa shape index (κ2) is 10.9. The standard InChI is InChI=1S/C28H29N7O3S/c1-38-24-16-22(31-21-5-3-2-4-20(21)24)27(36)34-10-6-19(7-11-34)26-32-23(18-39-26)28(37)35-14-12-33(13-15-35)25-17-29-8-9-30-25/h2-5,8-9,16-19H,6-7,10-15H2,1H3. The van der Waals surface area contributed by atoms with Crippen LogP contribution < -0.4 is 9.64 Å². The molecule has 5 heterocycles. The van der Waals surface area contributed by atoms with Crippen molar-refractivity contribution in [2.45, 2.75) is 18.8 Å². The van der Waals surface area contributed by atoms with Crippen molar-refractivity contribution in [2.24, 2.45) is 0 Å². The molecule has 0 radical (unpaired) electrons. The Kier molecular flexibility index (Phi) is 7.06. The number of ether oxygens (including phenoxy) is 1. The number of amides is 2. The van der Waals surface area contributed by atoms with Gasteiger partial charge in [0, 0.05) is 74.4 Å². The third-order valence-electron chi connectivity index (χ3n) is 7.43. The molecule has 11 heteroatoms. The van der Waals surface area contributed by atoms with Crippen LogP contribution in [0.2, 0.25) is 0 Å². The van der Waals surface area contributed by atoms with Gasteiger partial charge in [-0.2, -0.15) is 0 Å². The molecule has 2 amide bonds. The van der Waals surface area contributed by atoms with Crippen LogP contribution in [0.3, 0.4) is 0 Å². The number of likely N-dealkylation sites (tertiary alicyclic amines) is 1. The zero-order valence-electron chi connectivity index (χ0n) is 21.7. The number of piperidine rings is 1. The minimum absolute atomic E-state index is 0.0276. The number of carbonyl (C=O) groups excluding carboxylic acids is 2. The van der Waals surface area contributed by atoms with Crippen molar-refractivity contribution in [1.29, 1.82) is 0 Å². The molecule has 0 bridgehead atoms. The molecule has 6 rings (SSSR count). The lowest BCUT2D eigenvalue weighted by Gasteiger charge is -2.34. The molecule has 2 fully saturated rings. The Balaban J connectivity index is 1.05. The van der Waals surface area contributed by atoms with E-state index in [-0.39, 0.29) is 17.7 Å². The minimum atomic E-state index is -0.0897. The molecule has 0 unspecified atom stereocenters. The summed E-state index contributed by atoms with van der Waals surface area (Å²) in [7, 11) is 1.61. The van der Waals surface area contributed by atoms with Gasteiger partial charge in [0.2, 0.25) is 0 Å². The van der Waals surface area contributed by atoms with Crippen molar-refractivity contribution in [2.75, 3.05) is 51.3 Å². The summed E-state index contributed by atoms with van der Waals surface area (Å²) in [6.45, 7) is 3.91. The number of hydrogen-bond donors (Lipinski definition) is 0. The highest BCUT2D eigenvalue weighted by Crippen LogP contribution is 2.32. The molecule has 4 aromatic rings. The predicted octanol–water partition coefficient (Wildman–Crippen LogP) is 3.47. The molecule has 10 nitrogen and oxygen atoms in total. The van der Waals surface area contributed by atoms with Crippen LogP contribution in [0.4, 0.5) is 5.82 Å². The highest BCUT2D eigenvalue weighted by molar-refractivity contribution is 7.09. The lowest BCUT2D eigenvalue weighted by molar-refractivity contribution is 0.0707. The van der Waals surface area contributed by atoms with E-state index in [1.807, 2.05) is 39.4 Å². The first-order chi connectivity index (χ1) is 19.1. The number of benzene rings is 1. The third-order valence-corrected chi connectivity index (χ3v) is 8.44. The van der Waals surface area contributed by atoms with E-state index in [2.05, 4.69) is 19.9 Å². The van der Waals surface area contributed by atoms with Gasteiger partial charge < -0.3 is 19.4 Å². The lowest BCUT2D eigenvalue weighted by atomic mass is 9.97. The number of aromatic nitrogens is 4. The Hall–Kier alpha value is -4.12. The molecule has 2 aliphatic heterocycles. The molecule has 2 aliphatic rings. The van der Waals surface area contributed by atoms with E-state index in [1.54, 1.807) is 31.8 Å². The number of anilines is 1. The first-order valence-electron chi connectivity index (χ1n) is 13.1. The van der Waals surface area contributed by atoms with Crippen LogP contribution in [-0.4, -0.2) is 87.9 Å². The molecule has 0 spiro atoms. The first kappa shape index (κ1) is 25.2. The van der Waals surface area contributed by atoms with Crippen LogP contribution in [0, 0.1) is 0 Å². The fourth-order valence-corrected chi connectivity index (χ4v) is 6.21. The molecule has 0 aliphatic carbocycles. The monoisotopic (exact) mass is 543 g/mol. The number of methoxy groups -OCH3 is 1. The Labute approximate surface area is 230 Å². The summed E-state index contributed by atoms with van der Waals surface area (Å²) in [5, 5.41) is 3.72. The smallest absolute Gasteiger partial charge is 0.273 e. The quantitative estimate of drug-likeness (QED) is 0.377. The number of piperazine rings is 1. The summed E-state index contributed by atoms with van der Waals surface area (Å²) in [4.78, 5) is 50.1. The number of hydrogen-bond acceptors (Lipinski definition) is 9. The summed E-state index contributed by atoms with van der Waals surface area (Å²) in [6, 6.07) is 9.38. The number of fused-ring (bicyclic) bond motifs is 1. The van der Waals surface area contributed by atoms with Crippen LogP contribution in [0.15, 0.2) is 54.3 Å². The molecular formula is C28H29N7O3S. The minimum Gasteiger partial charge on any atom is -0.496 e. The van der Waals surface area contributed by atoms with Gasteiger partial charge in [-0.1, -0.05) is 12.1 Å². The number of carbonyl (C=O) groups is 2. The Morgan fingerprint density at radius 3 is 2.41 bits per heavy atom. The molecule has 200 valence electrons. The zero-order chi connectivity index (χ0) is 26.8.